The molecule has 0 aliphatic carbocycles. The maximum atomic E-state index is 12.7. The highest BCUT2D eigenvalue weighted by atomic mass is 32.2. The van der Waals surface area contributed by atoms with Crippen LogP contribution in [0.4, 0.5) is 5.82 Å². The van der Waals surface area contributed by atoms with Crippen LogP contribution in [0.25, 0.3) is 10.2 Å². The highest BCUT2D eigenvalue weighted by Gasteiger charge is 2.27. The minimum atomic E-state index is 0.155. The van der Waals surface area contributed by atoms with Gasteiger partial charge < -0.3 is 15.4 Å². The SMILES string of the molecule is CCCCN(CCCC)C(=O)CSc1nc(N)c2c3c(sc2n1)CO[C@H](C(C)C)C3. The average Bonchev–Trinajstić information content (AvgIpc) is 3.10. The van der Waals surface area contributed by atoms with E-state index in [-0.39, 0.29) is 12.0 Å². The van der Waals surface area contributed by atoms with Gasteiger partial charge in [0.2, 0.25) is 5.91 Å². The number of fused-ring (bicyclic) bond motifs is 3. The van der Waals surface area contributed by atoms with Gasteiger partial charge in [-0.3, -0.25) is 4.79 Å². The number of hydrogen-bond donors (Lipinski definition) is 1. The van der Waals surface area contributed by atoms with Crippen molar-refractivity contribution < 1.29 is 9.53 Å². The summed E-state index contributed by atoms with van der Waals surface area (Å²) in [7, 11) is 0. The summed E-state index contributed by atoms with van der Waals surface area (Å²) in [6, 6.07) is 0. The van der Waals surface area contributed by atoms with Crippen molar-refractivity contribution in [2.75, 3.05) is 24.6 Å². The van der Waals surface area contributed by atoms with E-state index in [0.717, 1.165) is 55.4 Å². The molecule has 30 heavy (non-hydrogen) atoms. The summed E-state index contributed by atoms with van der Waals surface area (Å²) in [6.45, 7) is 10.9. The average molecular weight is 451 g/mol. The normalized spacial score (nSPS) is 16.2. The van der Waals surface area contributed by atoms with Crippen molar-refractivity contribution in [1.82, 2.24) is 14.9 Å². The maximum absolute atomic E-state index is 12.7. The van der Waals surface area contributed by atoms with E-state index in [9.17, 15) is 4.79 Å². The van der Waals surface area contributed by atoms with E-state index < -0.39 is 0 Å². The van der Waals surface area contributed by atoms with E-state index in [1.54, 1.807) is 11.3 Å². The van der Waals surface area contributed by atoms with E-state index >= 15 is 0 Å². The third-order valence-electron chi connectivity index (χ3n) is 5.56. The van der Waals surface area contributed by atoms with Gasteiger partial charge in [-0.2, -0.15) is 0 Å². The zero-order chi connectivity index (χ0) is 21.7. The lowest BCUT2D eigenvalue weighted by atomic mass is 9.96. The van der Waals surface area contributed by atoms with Gasteiger partial charge in [0.25, 0.3) is 0 Å². The number of ether oxygens (including phenoxy) is 1. The largest absolute Gasteiger partial charge is 0.383 e. The molecule has 0 radical (unpaired) electrons. The molecule has 1 atom stereocenters. The summed E-state index contributed by atoms with van der Waals surface area (Å²) in [4.78, 5) is 26.1. The number of nitrogens with zero attached hydrogens (tertiary/aromatic N) is 3. The third-order valence-corrected chi connectivity index (χ3v) is 7.49. The molecule has 0 bridgehead atoms. The number of carbonyl (C=O) groups excluding carboxylic acids is 1. The summed E-state index contributed by atoms with van der Waals surface area (Å²) >= 11 is 3.03. The first-order valence-corrected chi connectivity index (χ1v) is 12.8. The molecular weight excluding hydrogens is 416 g/mol. The lowest BCUT2D eigenvalue weighted by Gasteiger charge is -2.26. The predicted molar refractivity (Wildman–Crippen MR) is 126 cm³/mol. The number of aromatic nitrogens is 2. The molecule has 2 aromatic rings. The molecule has 8 heteroatoms. The van der Waals surface area contributed by atoms with Crippen molar-refractivity contribution in [3.63, 3.8) is 0 Å². The molecule has 0 saturated carbocycles. The molecule has 0 spiro atoms. The van der Waals surface area contributed by atoms with Crippen LogP contribution >= 0.6 is 23.1 Å². The van der Waals surface area contributed by atoms with E-state index in [0.29, 0.717) is 29.3 Å². The van der Waals surface area contributed by atoms with E-state index in [1.165, 1.54) is 22.2 Å². The third kappa shape index (κ3) is 5.45. The predicted octanol–water partition coefficient (Wildman–Crippen LogP) is 4.89. The van der Waals surface area contributed by atoms with Gasteiger partial charge in [0.05, 0.1) is 23.8 Å². The molecule has 1 amide bonds. The zero-order valence-corrected chi connectivity index (χ0v) is 20.2. The van der Waals surface area contributed by atoms with Gasteiger partial charge in [0.15, 0.2) is 5.16 Å². The highest BCUT2D eigenvalue weighted by molar-refractivity contribution is 7.99. The minimum Gasteiger partial charge on any atom is -0.383 e. The Balaban J connectivity index is 1.72. The number of thioether (sulfide) groups is 1. The molecule has 0 fully saturated rings. The second-order valence-electron chi connectivity index (χ2n) is 8.25. The Labute approximate surface area is 188 Å². The van der Waals surface area contributed by atoms with Crippen LogP contribution < -0.4 is 5.73 Å². The van der Waals surface area contributed by atoms with Crippen molar-refractivity contribution in [2.45, 2.75) is 77.7 Å². The fraction of sp³-hybridized carbons (Fsp3) is 0.682. The van der Waals surface area contributed by atoms with Crippen molar-refractivity contribution >= 4 is 45.0 Å². The number of nitrogens with two attached hydrogens (primary N) is 1. The van der Waals surface area contributed by atoms with Gasteiger partial charge in [0.1, 0.15) is 10.6 Å². The van der Waals surface area contributed by atoms with Crippen LogP contribution in [0.15, 0.2) is 5.16 Å². The van der Waals surface area contributed by atoms with E-state index in [2.05, 4.69) is 32.7 Å². The number of nitrogen functional groups attached to an aromatic ring is 1. The van der Waals surface area contributed by atoms with Crippen molar-refractivity contribution in [1.29, 1.82) is 0 Å². The first kappa shape index (κ1) is 23.3. The van der Waals surface area contributed by atoms with Gasteiger partial charge in [0, 0.05) is 24.4 Å². The summed E-state index contributed by atoms with van der Waals surface area (Å²) < 4.78 is 6.00. The molecular formula is C22H34N4O2S2. The van der Waals surface area contributed by atoms with Crippen molar-refractivity contribution in [2.24, 2.45) is 5.92 Å². The number of rotatable bonds is 10. The molecule has 2 N–H and O–H groups in total. The minimum absolute atomic E-state index is 0.155. The molecule has 0 saturated heterocycles. The number of hydrogen-bond acceptors (Lipinski definition) is 7. The molecule has 2 aromatic heterocycles. The van der Waals surface area contributed by atoms with Gasteiger partial charge in [-0.15, -0.1) is 11.3 Å². The molecule has 3 heterocycles. The summed E-state index contributed by atoms with van der Waals surface area (Å²) in [6.07, 6.45) is 5.31. The summed E-state index contributed by atoms with van der Waals surface area (Å²) in [5, 5.41) is 1.56. The van der Waals surface area contributed by atoms with Crippen LogP contribution in [0.2, 0.25) is 0 Å². The summed E-state index contributed by atoms with van der Waals surface area (Å²) in [5.41, 5.74) is 7.60. The van der Waals surface area contributed by atoms with Crippen molar-refractivity contribution in [3.05, 3.63) is 10.4 Å². The Morgan fingerprint density at radius 1 is 1.27 bits per heavy atom. The Hall–Kier alpha value is -1.38. The van der Waals surface area contributed by atoms with Gasteiger partial charge >= 0.3 is 0 Å². The quantitative estimate of drug-likeness (QED) is 0.410. The second kappa shape index (κ2) is 10.8. The lowest BCUT2D eigenvalue weighted by molar-refractivity contribution is -0.128. The fourth-order valence-corrected chi connectivity index (χ4v) is 5.60. The number of amides is 1. The van der Waals surface area contributed by atoms with Crippen LogP contribution in [-0.2, 0) is 22.6 Å². The number of carbonyl (C=O) groups is 1. The van der Waals surface area contributed by atoms with Crippen LogP contribution in [0.5, 0.6) is 0 Å². The standard InChI is InChI=1S/C22H34N4O2S2/c1-5-7-9-26(10-8-6-2)18(27)13-29-22-24-20(23)19-15-11-16(14(3)4)28-12-17(15)30-21(19)25-22/h14,16H,5-13H2,1-4H3,(H2,23,24,25)/t16-/m0/s1. The van der Waals surface area contributed by atoms with Gasteiger partial charge in [-0.25, -0.2) is 9.97 Å². The van der Waals surface area contributed by atoms with E-state index in [4.69, 9.17) is 15.5 Å². The molecule has 0 unspecified atom stereocenters. The van der Waals surface area contributed by atoms with Crippen molar-refractivity contribution in [3.8, 4) is 0 Å². The number of thiophene rings is 1. The fourth-order valence-electron chi connectivity index (χ4n) is 3.66. The molecule has 3 rings (SSSR count). The zero-order valence-electron chi connectivity index (χ0n) is 18.6. The topological polar surface area (TPSA) is 81.3 Å². The Bertz CT molecular complexity index is 860. The van der Waals surface area contributed by atoms with Gasteiger partial charge in [-0.1, -0.05) is 52.3 Å². The Morgan fingerprint density at radius 3 is 2.60 bits per heavy atom. The first-order chi connectivity index (χ1) is 14.4. The van der Waals surface area contributed by atoms with Crippen LogP contribution in [-0.4, -0.2) is 45.7 Å². The van der Waals surface area contributed by atoms with Gasteiger partial charge in [-0.05, 0) is 24.3 Å². The molecule has 6 nitrogen and oxygen atoms in total. The number of anilines is 1. The Morgan fingerprint density at radius 2 is 1.97 bits per heavy atom. The Kier molecular flexibility index (Phi) is 8.36. The molecule has 166 valence electrons. The number of unbranched alkanes of at least 4 members (excludes halogenated alkanes) is 2. The molecule has 0 aromatic carbocycles. The smallest absolute Gasteiger partial charge is 0.233 e. The second-order valence-corrected chi connectivity index (χ2v) is 10.3. The summed E-state index contributed by atoms with van der Waals surface area (Å²) in [5.74, 6) is 1.48. The van der Waals surface area contributed by atoms with Crippen LogP contribution in [0.3, 0.4) is 0 Å². The maximum Gasteiger partial charge on any atom is 0.233 e. The van der Waals surface area contributed by atoms with E-state index in [1.807, 2.05) is 4.90 Å². The van der Waals surface area contributed by atoms with Crippen LogP contribution in [0.1, 0.15) is 63.8 Å². The monoisotopic (exact) mass is 450 g/mol. The lowest BCUT2D eigenvalue weighted by Crippen LogP contribution is -2.34. The van der Waals surface area contributed by atoms with Crippen LogP contribution in [0, 0.1) is 5.92 Å². The first-order valence-electron chi connectivity index (χ1n) is 11.0. The molecule has 1 aliphatic rings. The molecule has 1 aliphatic heterocycles. The highest BCUT2D eigenvalue weighted by Crippen LogP contribution is 2.39.